The van der Waals surface area contributed by atoms with Gasteiger partial charge < -0.3 is 14.7 Å². The summed E-state index contributed by atoms with van der Waals surface area (Å²) in [5, 5.41) is 9.31. The highest BCUT2D eigenvalue weighted by Gasteiger charge is 2.43. The first-order chi connectivity index (χ1) is 10.6. The number of ether oxygens (including phenoxy) is 1. The summed E-state index contributed by atoms with van der Waals surface area (Å²) in [6, 6.07) is 6.54. The molecule has 0 saturated carbocycles. The number of aliphatic carboxylic acids is 1. The number of hydrogen-bond donors (Lipinski definition) is 1. The average Bonchev–Trinajstić information content (AvgIpc) is 3.13. The summed E-state index contributed by atoms with van der Waals surface area (Å²) in [7, 11) is 1.58. The zero-order valence-electron chi connectivity index (χ0n) is 12.6. The second-order valence-corrected chi connectivity index (χ2v) is 5.70. The van der Waals surface area contributed by atoms with Crippen molar-refractivity contribution >= 4 is 17.6 Å². The predicted octanol–water partition coefficient (Wildman–Crippen LogP) is 1.35. The van der Waals surface area contributed by atoms with E-state index >= 15 is 0 Å². The van der Waals surface area contributed by atoms with Gasteiger partial charge in [0, 0.05) is 6.54 Å². The molecule has 1 N–H and O–H groups in total. The molecular formula is C16H20N2O4. The number of anilines is 1. The van der Waals surface area contributed by atoms with Crippen LogP contribution in [0.1, 0.15) is 19.3 Å². The molecule has 2 heterocycles. The van der Waals surface area contributed by atoms with Crippen LogP contribution in [0.2, 0.25) is 0 Å². The highest BCUT2D eigenvalue weighted by Crippen LogP contribution is 2.34. The normalized spacial score (nSPS) is 25.7. The third-order valence-electron chi connectivity index (χ3n) is 4.53. The van der Waals surface area contributed by atoms with Crippen LogP contribution >= 0.6 is 0 Å². The Morgan fingerprint density at radius 1 is 1.27 bits per heavy atom. The number of likely N-dealkylation sites (tertiary alicyclic amines) is 1. The van der Waals surface area contributed by atoms with Crippen LogP contribution in [0.3, 0.4) is 0 Å². The van der Waals surface area contributed by atoms with Crippen LogP contribution in [0.4, 0.5) is 5.69 Å². The van der Waals surface area contributed by atoms with Crippen LogP contribution in [0, 0.1) is 0 Å². The van der Waals surface area contributed by atoms with Crippen molar-refractivity contribution in [3.8, 4) is 5.75 Å². The molecule has 1 amide bonds. The van der Waals surface area contributed by atoms with E-state index in [1.54, 1.807) is 12.0 Å². The molecule has 1 aromatic rings. The first kappa shape index (κ1) is 14.8. The number of rotatable bonds is 4. The lowest BCUT2D eigenvalue weighted by Crippen LogP contribution is -2.47. The molecule has 2 aliphatic heterocycles. The number of hydrogen-bond acceptors (Lipinski definition) is 4. The Kier molecular flexibility index (Phi) is 4.02. The van der Waals surface area contributed by atoms with Gasteiger partial charge in [0.05, 0.1) is 18.8 Å². The van der Waals surface area contributed by atoms with Gasteiger partial charge >= 0.3 is 5.97 Å². The molecule has 0 bridgehead atoms. The van der Waals surface area contributed by atoms with E-state index in [1.807, 2.05) is 29.2 Å². The number of benzene rings is 1. The minimum atomic E-state index is -0.832. The molecule has 0 radical (unpaired) electrons. The number of carbonyl (C=O) groups is 2. The third kappa shape index (κ3) is 2.43. The van der Waals surface area contributed by atoms with Gasteiger partial charge in [-0.1, -0.05) is 12.1 Å². The maximum Gasteiger partial charge on any atom is 0.320 e. The topological polar surface area (TPSA) is 70.1 Å². The van der Waals surface area contributed by atoms with E-state index in [9.17, 15) is 14.7 Å². The second kappa shape index (κ2) is 5.96. The van der Waals surface area contributed by atoms with E-state index in [1.165, 1.54) is 0 Å². The molecule has 2 saturated heterocycles. The molecule has 3 rings (SSSR count). The Bertz CT molecular complexity index is 589. The molecule has 0 aromatic heterocycles. The summed E-state index contributed by atoms with van der Waals surface area (Å²) in [5.41, 5.74) is 0.753. The summed E-state index contributed by atoms with van der Waals surface area (Å²) in [5.74, 6) is -0.202. The lowest BCUT2D eigenvalue weighted by molar-refractivity contribution is -0.143. The number of methoxy groups -OCH3 is 1. The highest BCUT2D eigenvalue weighted by atomic mass is 16.5. The van der Waals surface area contributed by atoms with Crippen molar-refractivity contribution in [3.63, 3.8) is 0 Å². The van der Waals surface area contributed by atoms with Gasteiger partial charge in [0.15, 0.2) is 0 Å². The van der Waals surface area contributed by atoms with Crippen molar-refractivity contribution < 1.29 is 19.4 Å². The smallest absolute Gasteiger partial charge is 0.320 e. The number of carboxylic acid groups (broad SMARTS) is 1. The van der Waals surface area contributed by atoms with Gasteiger partial charge in [-0.25, -0.2) is 0 Å². The fraction of sp³-hybridized carbons (Fsp3) is 0.500. The Morgan fingerprint density at radius 2 is 2.05 bits per heavy atom. The molecule has 2 atom stereocenters. The molecule has 2 fully saturated rings. The van der Waals surface area contributed by atoms with Gasteiger partial charge in [-0.3, -0.25) is 14.5 Å². The fourth-order valence-corrected chi connectivity index (χ4v) is 3.49. The molecule has 6 heteroatoms. The van der Waals surface area contributed by atoms with Gasteiger partial charge in [0.25, 0.3) is 0 Å². The number of nitrogens with zero attached hydrogens (tertiary/aromatic N) is 2. The van der Waals surface area contributed by atoms with Crippen LogP contribution in [0.15, 0.2) is 24.3 Å². The summed E-state index contributed by atoms with van der Waals surface area (Å²) >= 11 is 0. The van der Waals surface area contributed by atoms with Crippen LogP contribution < -0.4 is 9.64 Å². The first-order valence-corrected chi connectivity index (χ1v) is 7.56. The predicted molar refractivity (Wildman–Crippen MR) is 81.1 cm³/mol. The van der Waals surface area contributed by atoms with E-state index in [-0.39, 0.29) is 11.9 Å². The van der Waals surface area contributed by atoms with Gasteiger partial charge in [-0.15, -0.1) is 0 Å². The van der Waals surface area contributed by atoms with Crippen LogP contribution in [-0.2, 0) is 9.59 Å². The van der Waals surface area contributed by atoms with Crippen molar-refractivity contribution in [2.45, 2.75) is 31.3 Å². The summed E-state index contributed by atoms with van der Waals surface area (Å²) in [6.07, 6.45) is 2.10. The van der Waals surface area contributed by atoms with Gasteiger partial charge in [-0.05, 0) is 37.9 Å². The van der Waals surface area contributed by atoms with E-state index < -0.39 is 12.0 Å². The number of carbonyl (C=O) groups excluding carboxylic acids is 1. The Balaban J connectivity index is 1.82. The molecule has 6 nitrogen and oxygen atoms in total. The van der Waals surface area contributed by atoms with Crippen molar-refractivity contribution in [2.75, 3.05) is 25.1 Å². The zero-order chi connectivity index (χ0) is 15.7. The molecule has 1 aromatic carbocycles. The summed E-state index contributed by atoms with van der Waals surface area (Å²) in [6.45, 7) is 1.26. The van der Waals surface area contributed by atoms with Crippen LogP contribution in [0.5, 0.6) is 5.75 Å². The Hall–Kier alpha value is -2.08. The third-order valence-corrected chi connectivity index (χ3v) is 4.53. The molecule has 0 spiro atoms. The summed E-state index contributed by atoms with van der Waals surface area (Å²) < 4.78 is 5.32. The Morgan fingerprint density at radius 3 is 2.77 bits per heavy atom. The second-order valence-electron chi connectivity index (χ2n) is 5.70. The van der Waals surface area contributed by atoms with Gasteiger partial charge in [-0.2, -0.15) is 0 Å². The van der Waals surface area contributed by atoms with Gasteiger partial charge in [0.1, 0.15) is 11.8 Å². The SMILES string of the molecule is COc1ccccc1N1CCC(N2CCCC2C(=O)O)C1=O. The molecule has 2 aliphatic rings. The number of amides is 1. The zero-order valence-corrected chi connectivity index (χ0v) is 12.6. The van der Waals surface area contributed by atoms with Gasteiger partial charge in [0.2, 0.25) is 5.91 Å². The number of para-hydroxylation sites is 2. The molecule has 0 aliphatic carbocycles. The monoisotopic (exact) mass is 304 g/mol. The largest absolute Gasteiger partial charge is 0.495 e. The van der Waals surface area contributed by atoms with Crippen molar-refractivity contribution in [2.24, 2.45) is 0 Å². The minimum Gasteiger partial charge on any atom is -0.495 e. The minimum absolute atomic E-state index is 0.0300. The molecule has 118 valence electrons. The molecule has 2 unspecified atom stereocenters. The lowest BCUT2D eigenvalue weighted by Gasteiger charge is -2.27. The molecule has 22 heavy (non-hydrogen) atoms. The first-order valence-electron chi connectivity index (χ1n) is 7.56. The quantitative estimate of drug-likeness (QED) is 0.909. The van der Waals surface area contributed by atoms with Crippen LogP contribution in [-0.4, -0.2) is 54.2 Å². The maximum atomic E-state index is 12.8. The molecular weight excluding hydrogens is 284 g/mol. The number of carboxylic acids is 1. The van der Waals surface area contributed by atoms with E-state index in [0.29, 0.717) is 31.7 Å². The van der Waals surface area contributed by atoms with Crippen LogP contribution in [0.25, 0.3) is 0 Å². The van der Waals surface area contributed by atoms with Crippen molar-refractivity contribution in [3.05, 3.63) is 24.3 Å². The lowest BCUT2D eigenvalue weighted by atomic mass is 10.1. The van der Waals surface area contributed by atoms with Crippen molar-refractivity contribution in [1.29, 1.82) is 0 Å². The van der Waals surface area contributed by atoms with E-state index in [2.05, 4.69) is 0 Å². The van der Waals surface area contributed by atoms with E-state index in [4.69, 9.17) is 4.74 Å². The van der Waals surface area contributed by atoms with E-state index in [0.717, 1.165) is 12.1 Å². The standard InChI is InChI=1S/C16H20N2O4/c1-22-14-7-3-2-5-11(14)18-10-8-12(15(18)19)17-9-4-6-13(17)16(20)21/h2-3,5,7,12-13H,4,6,8-10H2,1H3,(H,20,21). The van der Waals surface area contributed by atoms with Crippen molar-refractivity contribution in [1.82, 2.24) is 4.90 Å². The maximum absolute atomic E-state index is 12.8. The highest BCUT2D eigenvalue weighted by molar-refractivity contribution is 6.00. The fourth-order valence-electron chi connectivity index (χ4n) is 3.49. The average molecular weight is 304 g/mol. The summed E-state index contributed by atoms with van der Waals surface area (Å²) in [4.78, 5) is 27.7. The Labute approximate surface area is 129 Å².